The Bertz CT molecular complexity index is 1790. The molecule has 2 unspecified atom stereocenters. The summed E-state index contributed by atoms with van der Waals surface area (Å²) < 4.78 is 23.1. The van der Waals surface area contributed by atoms with Crippen molar-refractivity contribution in [2.45, 2.75) is 411 Å². The van der Waals surface area contributed by atoms with Crippen LogP contribution in [0, 0.1) is 0 Å². The van der Waals surface area contributed by atoms with Gasteiger partial charge in [-0.2, -0.15) is 0 Å². The summed E-state index contributed by atoms with van der Waals surface area (Å²) in [4.78, 5) is 37.8. The van der Waals surface area contributed by atoms with E-state index < -0.39 is 18.4 Å². The number of aliphatic carboxylic acids is 1. The van der Waals surface area contributed by atoms with Crippen LogP contribution in [0.3, 0.4) is 0 Å². The van der Waals surface area contributed by atoms with E-state index in [4.69, 9.17) is 18.9 Å². The molecule has 0 radical (unpaired) electrons. The monoisotopic (exact) mass is 1330 g/mol. The number of esters is 2. The summed E-state index contributed by atoms with van der Waals surface area (Å²) in [5.41, 5.74) is 0. The number of quaternary nitrogens is 1. The van der Waals surface area contributed by atoms with E-state index in [1.165, 1.54) is 302 Å². The van der Waals surface area contributed by atoms with Gasteiger partial charge in [-0.15, -0.1) is 0 Å². The number of likely N-dealkylation sites (N-methyl/N-ethyl adjacent to an activating group) is 1. The molecule has 0 spiro atoms. The molecule has 0 aromatic heterocycles. The van der Waals surface area contributed by atoms with Crippen LogP contribution in [0.25, 0.3) is 0 Å². The van der Waals surface area contributed by atoms with Gasteiger partial charge in [0.2, 0.25) is 0 Å². The van der Waals surface area contributed by atoms with Gasteiger partial charge in [0.1, 0.15) is 13.2 Å². The van der Waals surface area contributed by atoms with Crippen molar-refractivity contribution in [1.29, 1.82) is 0 Å². The second kappa shape index (κ2) is 76.5. The molecular formula is C86H158NO8+. The first-order chi connectivity index (χ1) is 46.6. The normalized spacial score (nSPS) is 13.0. The van der Waals surface area contributed by atoms with Crippen molar-refractivity contribution in [3.63, 3.8) is 0 Å². The smallest absolute Gasteiger partial charge is 0.361 e. The maximum Gasteiger partial charge on any atom is 0.361 e. The van der Waals surface area contributed by atoms with Gasteiger partial charge in [-0.25, -0.2) is 4.79 Å². The highest BCUT2D eigenvalue weighted by Crippen LogP contribution is 2.20. The Morgan fingerprint density at radius 1 is 0.326 bits per heavy atom. The highest BCUT2D eigenvalue weighted by molar-refractivity contribution is 5.71. The van der Waals surface area contributed by atoms with E-state index in [0.717, 1.165) is 70.6 Å². The molecular weight excluding hydrogens is 1170 g/mol. The fourth-order valence-corrected chi connectivity index (χ4v) is 12.2. The first-order valence-electron chi connectivity index (χ1n) is 41.1. The van der Waals surface area contributed by atoms with Crippen LogP contribution in [0.5, 0.6) is 0 Å². The number of nitrogens with zero attached hydrogens (tertiary/aromatic N) is 1. The van der Waals surface area contributed by atoms with E-state index in [1.807, 2.05) is 21.1 Å². The van der Waals surface area contributed by atoms with Gasteiger partial charge in [0.15, 0.2) is 6.10 Å². The van der Waals surface area contributed by atoms with E-state index in [1.54, 1.807) is 0 Å². The number of hydrogen-bond donors (Lipinski definition) is 1. The zero-order valence-electron chi connectivity index (χ0n) is 63.6. The molecule has 0 rings (SSSR count). The number of carbonyl (C=O) groups is 3. The van der Waals surface area contributed by atoms with Gasteiger partial charge in [0.25, 0.3) is 6.29 Å². The molecule has 95 heavy (non-hydrogen) atoms. The predicted molar refractivity (Wildman–Crippen MR) is 410 cm³/mol. The first kappa shape index (κ1) is 91.7. The van der Waals surface area contributed by atoms with Crippen molar-refractivity contribution in [2.24, 2.45) is 0 Å². The molecule has 1 N–H and O–H groups in total. The second-order valence-corrected chi connectivity index (χ2v) is 29.1. The van der Waals surface area contributed by atoms with Crippen molar-refractivity contribution in [3.05, 3.63) is 72.9 Å². The maximum atomic E-state index is 13.0. The summed E-state index contributed by atoms with van der Waals surface area (Å²) in [7, 11) is 6.00. The van der Waals surface area contributed by atoms with Crippen LogP contribution in [0.15, 0.2) is 72.9 Å². The molecule has 0 saturated heterocycles. The van der Waals surface area contributed by atoms with E-state index in [-0.39, 0.29) is 38.2 Å². The number of hydrogen-bond acceptors (Lipinski definition) is 7. The predicted octanol–water partition coefficient (Wildman–Crippen LogP) is 26.4. The molecule has 9 heteroatoms. The van der Waals surface area contributed by atoms with Gasteiger partial charge in [-0.05, 0) is 83.5 Å². The van der Waals surface area contributed by atoms with Crippen LogP contribution in [0.1, 0.15) is 399 Å². The fourth-order valence-electron chi connectivity index (χ4n) is 12.2. The lowest BCUT2D eigenvalue weighted by Gasteiger charge is -2.25. The second-order valence-electron chi connectivity index (χ2n) is 29.1. The van der Waals surface area contributed by atoms with Gasteiger partial charge in [0, 0.05) is 12.8 Å². The average Bonchev–Trinajstić information content (AvgIpc) is 3.75. The van der Waals surface area contributed by atoms with Crippen LogP contribution >= 0.6 is 0 Å². The third-order valence-corrected chi connectivity index (χ3v) is 18.4. The summed E-state index contributed by atoms with van der Waals surface area (Å²) in [5, 5.41) is 9.78. The molecule has 0 aliphatic rings. The molecule has 0 amide bonds. The lowest BCUT2D eigenvalue weighted by atomic mass is 10.0. The Morgan fingerprint density at radius 2 is 0.600 bits per heavy atom. The molecule has 0 aromatic carbocycles. The molecule has 0 bridgehead atoms. The molecule has 0 aliphatic carbocycles. The summed E-state index contributed by atoms with van der Waals surface area (Å²) in [6.45, 7) is 4.83. The Morgan fingerprint density at radius 3 is 0.905 bits per heavy atom. The van der Waals surface area contributed by atoms with E-state index in [0.29, 0.717) is 17.4 Å². The van der Waals surface area contributed by atoms with Gasteiger partial charge in [-0.1, -0.05) is 376 Å². The molecule has 0 fully saturated rings. The van der Waals surface area contributed by atoms with Gasteiger partial charge < -0.3 is 28.5 Å². The largest absolute Gasteiger partial charge is 0.477 e. The van der Waals surface area contributed by atoms with Gasteiger partial charge in [0.05, 0.1) is 34.4 Å². The Balaban J connectivity index is 3.97. The van der Waals surface area contributed by atoms with Crippen molar-refractivity contribution in [2.75, 3.05) is 47.5 Å². The highest BCUT2D eigenvalue weighted by Gasteiger charge is 2.25. The van der Waals surface area contributed by atoms with Crippen molar-refractivity contribution >= 4 is 17.9 Å². The van der Waals surface area contributed by atoms with Crippen LogP contribution in [0.4, 0.5) is 0 Å². The first-order valence-corrected chi connectivity index (χ1v) is 41.1. The minimum Gasteiger partial charge on any atom is -0.477 e. The zero-order chi connectivity index (χ0) is 69.0. The molecule has 0 aromatic rings. The Kier molecular flexibility index (Phi) is 73.9. The summed E-state index contributed by atoms with van der Waals surface area (Å²) >= 11 is 0. The maximum absolute atomic E-state index is 13.0. The highest BCUT2D eigenvalue weighted by atomic mass is 16.7. The quantitative estimate of drug-likeness (QED) is 0.0211. The molecule has 0 heterocycles. The molecule has 2 atom stereocenters. The summed E-state index contributed by atoms with van der Waals surface area (Å²) in [6.07, 6.45) is 101. The zero-order valence-corrected chi connectivity index (χ0v) is 63.6. The fraction of sp³-hybridized carbons (Fsp3) is 0.826. The SMILES string of the molecule is CC/C=C\C/C=C\C/C=C\C/C=C\C/C=C\CCCCCCCCCCCCCCCCCCCCCCCC(=O)OC(COC(=O)CCCCCCCCCCCCCCCCCCCCCCC/C=C\CCCCCCCCCC)COC(OCC[N+](C)(C)C)C(=O)O. The summed E-state index contributed by atoms with van der Waals surface area (Å²) in [6, 6.07) is 0. The number of rotatable bonds is 77. The van der Waals surface area contributed by atoms with E-state index in [2.05, 4.69) is 86.8 Å². The molecule has 0 saturated carbocycles. The minimum absolute atomic E-state index is 0.177. The molecule has 554 valence electrons. The number of carbonyl (C=O) groups excluding carboxylic acids is 2. The standard InChI is InChI=1S/C86H157NO8/c1-6-8-10-12-14-16-18-20-22-24-26-28-30-32-34-36-38-40-41-42-43-45-47-49-51-53-55-57-59-61-63-65-67-69-71-73-75-77-84(89)95-82(81-94-86(85(90)91)92-79-78-87(3,4)5)80-93-83(88)76-74-72-70-68-66-64-62-60-58-56-54-52-50-48-46-44-39-37-35-33-31-29-27-25-23-21-19-17-15-13-11-9-7-2/h8,10,14,16,20,22,25-28,32,34,82,86H,6-7,9,11-13,15,17-19,21,23-24,29-31,33,35-81H2,1-5H3/p+1/b10-8-,16-14-,22-20-,27-25-,28-26-,34-32-. The number of carboxylic acid groups (broad SMARTS) is 1. The van der Waals surface area contributed by atoms with Crippen LogP contribution in [0.2, 0.25) is 0 Å². The molecule has 0 aliphatic heterocycles. The Labute approximate surface area is 589 Å². The van der Waals surface area contributed by atoms with Crippen molar-refractivity contribution in [3.8, 4) is 0 Å². The number of allylic oxidation sites excluding steroid dienone is 12. The lowest BCUT2D eigenvalue weighted by molar-refractivity contribution is -0.870. The van der Waals surface area contributed by atoms with Crippen LogP contribution in [-0.4, -0.2) is 87.4 Å². The number of ether oxygens (including phenoxy) is 4. The summed E-state index contributed by atoms with van der Waals surface area (Å²) in [5.74, 6) is -1.97. The number of carboxylic acids is 1. The Hall–Kier alpha value is -3.27. The van der Waals surface area contributed by atoms with E-state index in [9.17, 15) is 19.5 Å². The average molecular weight is 1330 g/mol. The van der Waals surface area contributed by atoms with E-state index >= 15 is 0 Å². The number of unbranched alkanes of at least 4 members (excludes halogenated alkanes) is 50. The minimum atomic E-state index is -1.51. The van der Waals surface area contributed by atoms with Crippen molar-refractivity contribution < 1.29 is 42.9 Å². The van der Waals surface area contributed by atoms with Crippen LogP contribution < -0.4 is 0 Å². The van der Waals surface area contributed by atoms with Gasteiger partial charge in [-0.3, -0.25) is 9.59 Å². The van der Waals surface area contributed by atoms with Gasteiger partial charge >= 0.3 is 17.9 Å². The third kappa shape index (κ3) is 77.9. The van der Waals surface area contributed by atoms with Crippen molar-refractivity contribution in [1.82, 2.24) is 0 Å². The third-order valence-electron chi connectivity index (χ3n) is 18.4. The molecule has 9 nitrogen and oxygen atoms in total. The van der Waals surface area contributed by atoms with Crippen LogP contribution in [-0.2, 0) is 33.3 Å². The topological polar surface area (TPSA) is 108 Å². The lowest BCUT2D eigenvalue weighted by Crippen LogP contribution is -2.40.